The molecule has 5 heteroatoms. The van der Waals surface area contributed by atoms with Crippen molar-refractivity contribution in [1.82, 2.24) is 9.97 Å². The Labute approximate surface area is 125 Å². The predicted molar refractivity (Wildman–Crippen MR) is 81.4 cm³/mol. The summed E-state index contributed by atoms with van der Waals surface area (Å²) in [5.41, 5.74) is 8.60. The van der Waals surface area contributed by atoms with Gasteiger partial charge in [-0.15, -0.1) is 0 Å². The molecule has 2 aromatic rings. The summed E-state index contributed by atoms with van der Waals surface area (Å²) in [6.45, 7) is 4.30. The number of methoxy groups -OCH3 is 1. The third kappa shape index (κ3) is 4.16. The molecule has 2 aromatic heterocycles. The number of aryl methyl sites for hydroxylation is 1. The molecule has 0 aliphatic heterocycles. The molecule has 0 saturated carbocycles. The maximum Gasteiger partial charge on any atom is 0.219 e. The molecule has 0 bridgehead atoms. The van der Waals surface area contributed by atoms with Crippen LogP contribution in [0.15, 0.2) is 30.5 Å². The average molecular weight is 287 g/mol. The highest BCUT2D eigenvalue weighted by Gasteiger charge is 2.10. The lowest BCUT2D eigenvalue weighted by Gasteiger charge is -2.14. The zero-order chi connectivity index (χ0) is 15.2. The lowest BCUT2D eigenvalue weighted by atomic mass is 10.1. The minimum atomic E-state index is 0.0366. The highest BCUT2D eigenvalue weighted by atomic mass is 16.5. The van der Waals surface area contributed by atoms with E-state index in [1.807, 2.05) is 38.1 Å². The van der Waals surface area contributed by atoms with Crippen LogP contribution in [0.3, 0.4) is 0 Å². The van der Waals surface area contributed by atoms with Gasteiger partial charge in [-0.05, 0) is 38.1 Å². The van der Waals surface area contributed by atoms with E-state index in [0.717, 1.165) is 22.7 Å². The highest BCUT2D eigenvalue weighted by molar-refractivity contribution is 5.31. The summed E-state index contributed by atoms with van der Waals surface area (Å²) in [6.07, 6.45) is 2.37. The Hall–Kier alpha value is -2.14. The van der Waals surface area contributed by atoms with Gasteiger partial charge in [-0.1, -0.05) is 0 Å². The van der Waals surface area contributed by atoms with Crippen molar-refractivity contribution >= 4 is 0 Å². The van der Waals surface area contributed by atoms with Crippen LogP contribution in [0.2, 0.25) is 0 Å². The fraction of sp³-hybridized carbons (Fsp3) is 0.375. The quantitative estimate of drug-likeness (QED) is 0.882. The first-order valence-corrected chi connectivity index (χ1v) is 6.93. The molecule has 1 unspecified atom stereocenters. The van der Waals surface area contributed by atoms with Gasteiger partial charge in [-0.3, -0.25) is 4.98 Å². The van der Waals surface area contributed by atoms with Gasteiger partial charge in [0.1, 0.15) is 12.4 Å². The second kappa shape index (κ2) is 7.04. The van der Waals surface area contributed by atoms with Crippen molar-refractivity contribution in [3.8, 4) is 11.6 Å². The number of nitrogens with two attached hydrogens (primary N) is 1. The Balaban J connectivity index is 2.16. The van der Waals surface area contributed by atoms with Crippen molar-refractivity contribution in [3.05, 3.63) is 47.4 Å². The van der Waals surface area contributed by atoms with Crippen LogP contribution in [-0.4, -0.2) is 23.1 Å². The molecule has 0 spiro atoms. The topological polar surface area (TPSA) is 70.3 Å². The molecule has 2 rings (SSSR count). The fourth-order valence-electron chi connectivity index (χ4n) is 2.05. The molecule has 1 atom stereocenters. The van der Waals surface area contributed by atoms with Crippen LogP contribution < -0.4 is 15.2 Å². The van der Waals surface area contributed by atoms with Gasteiger partial charge >= 0.3 is 0 Å². The summed E-state index contributed by atoms with van der Waals surface area (Å²) >= 11 is 0. The first-order chi connectivity index (χ1) is 10.1. The van der Waals surface area contributed by atoms with Gasteiger partial charge in [0.25, 0.3) is 0 Å². The molecule has 0 amide bonds. The Bertz CT molecular complexity index is 600. The monoisotopic (exact) mass is 287 g/mol. The Morgan fingerprint density at radius 2 is 2.10 bits per heavy atom. The van der Waals surface area contributed by atoms with E-state index in [1.54, 1.807) is 13.3 Å². The molecule has 112 valence electrons. The lowest BCUT2D eigenvalue weighted by molar-refractivity contribution is 0.289. The SMILES string of the molecule is COc1ncccc1COc1ccc(C)nc1CC(C)N. The maximum absolute atomic E-state index is 5.88. The zero-order valence-corrected chi connectivity index (χ0v) is 12.7. The third-order valence-electron chi connectivity index (χ3n) is 3.01. The van der Waals surface area contributed by atoms with Gasteiger partial charge in [-0.25, -0.2) is 4.98 Å². The molecule has 0 aliphatic carbocycles. The normalized spacial score (nSPS) is 12.0. The second-order valence-electron chi connectivity index (χ2n) is 5.04. The van der Waals surface area contributed by atoms with Crippen LogP contribution in [0.4, 0.5) is 0 Å². The molecule has 2 N–H and O–H groups in total. The first kappa shape index (κ1) is 15.3. The van der Waals surface area contributed by atoms with Crippen molar-refractivity contribution in [1.29, 1.82) is 0 Å². The number of ether oxygens (including phenoxy) is 2. The molecule has 0 aliphatic rings. The summed E-state index contributed by atoms with van der Waals surface area (Å²) in [4.78, 5) is 8.67. The summed E-state index contributed by atoms with van der Waals surface area (Å²) in [5, 5.41) is 0. The van der Waals surface area contributed by atoms with E-state index >= 15 is 0 Å². The Morgan fingerprint density at radius 3 is 2.81 bits per heavy atom. The summed E-state index contributed by atoms with van der Waals surface area (Å²) in [6, 6.07) is 7.69. The molecular weight excluding hydrogens is 266 g/mol. The van der Waals surface area contributed by atoms with Gasteiger partial charge < -0.3 is 15.2 Å². The highest BCUT2D eigenvalue weighted by Crippen LogP contribution is 2.22. The van der Waals surface area contributed by atoms with Crippen LogP contribution in [0.1, 0.15) is 23.9 Å². The first-order valence-electron chi connectivity index (χ1n) is 6.93. The van der Waals surface area contributed by atoms with Crippen molar-refractivity contribution < 1.29 is 9.47 Å². The summed E-state index contributed by atoms with van der Waals surface area (Å²) in [5.74, 6) is 1.33. The van der Waals surface area contributed by atoms with E-state index in [4.69, 9.17) is 15.2 Å². The van der Waals surface area contributed by atoms with Crippen LogP contribution >= 0.6 is 0 Å². The van der Waals surface area contributed by atoms with Crippen molar-refractivity contribution in [2.75, 3.05) is 7.11 Å². The average Bonchev–Trinajstić information content (AvgIpc) is 2.46. The zero-order valence-electron chi connectivity index (χ0n) is 12.7. The predicted octanol–water partition coefficient (Wildman–Crippen LogP) is 2.26. The third-order valence-corrected chi connectivity index (χ3v) is 3.01. The van der Waals surface area contributed by atoms with Gasteiger partial charge in [0.15, 0.2) is 0 Å². The minimum Gasteiger partial charge on any atom is -0.487 e. The van der Waals surface area contributed by atoms with Crippen LogP contribution in [-0.2, 0) is 13.0 Å². The van der Waals surface area contributed by atoms with Crippen LogP contribution in [0.5, 0.6) is 11.6 Å². The van der Waals surface area contributed by atoms with Crippen LogP contribution in [0, 0.1) is 6.92 Å². The molecule has 0 fully saturated rings. The maximum atomic E-state index is 5.88. The van der Waals surface area contributed by atoms with E-state index < -0.39 is 0 Å². The van der Waals surface area contributed by atoms with Crippen LogP contribution in [0.25, 0.3) is 0 Å². The van der Waals surface area contributed by atoms with E-state index in [2.05, 4.69) is 9.97 Å². The fourth-order valence-corrected chi connectivity index (χ4v) is 2.05. The summed E-state index contributed by atoms with van der Waals surface area (Å²) < 4.78 is 11.1. The Kier molecular flexibility index (Phi) is 5.11. The largest absolute Gasteiger partial charge is 0.487 e. The van der Waals surface area contributed by atoms with Crippen molar-refractivity contribution in [3.63, 3.8) is 0 Å². The van der Waals surface area contributed by atoms with E-state index in [0.29, 0.717) is 18.9 Å². The number of pyridine rings is 2. The van der Waals surface area contributed by atoms with Gasteiger partial charge in [0.2, 0.25) is 5.88 Å². The second-order valence-corrected chi connectivity index (χ2v) is 5.04. The Morgan fingerprint density at radius 1 is 1.29 bits per heavy atom. The number of rotatable bonds is 6. The van der Waals surface area contributed by atoms with E-state index in [1.165, 1.54) is 0 Å². The van der Waals surface area contributed by atoms with Gasteiger partial charge in [0.05, 0.1) is 18.4 Å². The van der Waals surface area contributed by atoms with Gasteiger partial charge in [-0.2, -0.15) is 0 Å². The molecule has 0 aromatic carbocycles. The van der Waals surface area contributed by atoms with Gasteiger partial charge in [0, 0.05) is 24.4 Å². The molecule has 0 radical (unpaired) electrons. The smallest absolute Gasteiger partial charge is 0.219 e. The van der Waals surface area contributed by atoms with E-state index in [9.17, 15) is 0 Å². The lowest BCUT2D eigenvalue weighted by Crippen LogP contribution is -2.19. The molecular formula is C16H21N3O2. The molecule has 5 nitrogen and oxygen atoms in total. The number of hydrogen-bond acceptors (Lipinski definition) is 5. The van der Waals surface area contributed by atoms with Crippen molar-refractivity contribution in [2.45, 2.75) is 32.9 Å². The molecule has 2 heterocycles. The standard InChI is InChI=1S/C16H21N3O2/c1-11(17)9-14-15(7-6-12(2)19-14)21-10-13-5-4-8-18-16(13)20-3/h4-8,11H,9-10,17H2,1-3H3. The molecule has 0 saturated heterocycles. The molecule has 21 heavy (non-hydrogen) atoms. The minimum absolute atomic E-state index is 0.0366. The van der Waals surface area contributed by atoms with E-state index in [-0.39, 0.29) is 6.04 Å². The number of hydrogen-bond donors (Lipinski definition) is 1. The number of aromatic nitrogens is 2. The van der Waals surface area contributed by atoms with Crippen molar-refractivity contribution in [2.24, 2.45) is 5.73 Å². The number of nitrogens with zero attached hydrogens (tertiary/aromatic N) is 2. The summed E-state index contributed by atoms with van der Waals surface area (Å²) in [7, 11) is 1.60.